The number of amides is 2. The summed E-state index contributed by atoms with van der Waals surface area (Å²) in [5.41, 5.74) is 1.05. The van der Waals surface area contributed by atoms with E-state index in [2.05, 4.69) is 5.32 Å². The van der Waals surface area contributed by atoms with Crippen molar-refractivity contribution in [2.24, 2.45) is 5.92 Å². The van der Waals surface area contributed by atoms with Crippen molar-refractivity contribution in [1.29, 1.82) is 0 Å². The van der Waals surface area contributed by atoms with Crippen LogP contribution in [0.15, 0.2) is 23.1 Å². The Kier molecular flexibility index (Phi) is 4.75. The van der Waals surface area contributed by atoms with Gasteiger partial charge >= 0.3 is 5.97 Å². The Morgan fingerprint density at radius 1 is 1.45 bits per heavy atom. The fraction of sp³-hybridized carbons (Fsp3) is 0.400. The molecule has 7 heteroatoms. The Hall–Kier alpha value is -2.02. The van der Waals surface area contributed by atoms with Crippen molar-refractivity contribution in [3.8, 4) is 0 Å². The van der Waals surface area contributed by atoms with Gasteiger partial charge in [0.25, 0.3) is 5.91 Å². The molecule has 2 rings (SSSR count). The molecule has 1 aromatic carbocycles. The number of anilines is 1. The van der Waals surface area contributed by atoms with Gasteiger partial charge in [0.1, 0.15) is 0 Å². The van der Waals surface area contributed by atoms with Crippen LogP contribution in [0.25, 0.3) is 0 Å². The maximum atomic E-state index is 12.3. The molecule has 1 aliphatic heterocycles. The average molecular weight is 322 g/mol. The molecular weight excluding hydrogens is 304 g/mol. The third-order valence-corrected chi connectivity index (χ3v) is 4.65. The summed E-state index contributed by atoms with van der Waals surface area (Å²) in [5, 5.41) is 11.5. The van der Waals surface area contributed by atoms with Crippen LogP contribution in [0.2, 0.25) is 0 Å². The third kappa shape index (κ3) is 3.41. The number of fused-ring (bicyclic) bond motifs is 1. The van der Waals surface area contributed by atoms with Gasteiger partial charge in [0.05, 0.1) is 16.9 Å². The SMILES string of the molecule is CC(CN(C)C(=O)c1ccc2c(c1)NC(=O)C(C)S2)C(=O)O. The zero-order valence-corrected chi connectivity index (χ0v) is 13.4. The van der Waals surface area contributed by atoms with E-state index < -0.39 is 11.9 Å². The molecule has 2 unspecified atom stereocenters. The largest absolute Gasteiger partial charge is 0.481 e. The van der Waals surface area contributed by atoms with Crippen LogP contribution < -0.4 is 5.32 Å². The first-order valence-electron chi connectivity index (χ1n) is 6.89. The zero-order valence-electron chi connectivity index (χ0n) is 12.6. The van der Waals surface area contributed by atoms with Gasteiger partial charge in [-0.25, -0.2) is 0 Å². The van der Waals surface area contributed by atoms with Gasteiger partial charge in [-0.15, -0.1) is 11.8 Å². The van der Waals surface area contributed by atoms with Crippen LogP contribution in [0.1, 0.15) is 24.2 Å². The van der Waals surface area contributed by atoms with Gasteiger partial charge in [0, 0.05) is 24.1 Å². The number of aliphatic carboxylic acids is 1. The summed E-state index contributed by atoms with van der Waals surface area (Å²) in [7, 11) is 1.57. The molecule has 0 saturated carbocycles. The quantitative estimate of drug-likeness (QED) is 0.884. The number of nitrogens with zero attached hydrogens (tertiary/aromatic N) is 1. The summed E-state index contributed by atoms with van der Waals surface area (Å²) in [4.78, 5) is 37.2. The molecule has 0 saturated heterocycles. The number of rotatable bonds is 4. The summed E-state index contributed by atoms with van der Waals surface area (Å²) in [6.07, 6.45) is 0. The number of carboxylic acid groups (broad SMARTS) is 1. The van der Waals surface area contributed by atoms with Crippen LogP contribution in [-0.2, 0) is 9.59 Å². The zero-order chi connectivity index (χ0) is 16.4. The summed E-state index contributed by atoms with van der Waals surface area (Å²) in [6, 6.07) is 5.13. The number of carboxylic acids is 1. The van der Waals surface area contributed by atoms with Crippen molar-refractivity contribution in [1.82, 2.24) is 4.90 Å². The van der Waals surface area contributed by atoms with E-state index in [0.717, 1.165) is 4.90 Å². The lowest BCUT2D eigenvalue weighted by atomic mass is 10.1. The van der Waals surface area contributed by atoms with E-state index in [1.807, 2.05) is 6.92 Å². The molecule has 2 N–H and O–H groups in total. The first-order chi connectivity index (χ1) is 10.3. The van der Waals surface area contributed by atoms with E-state index in [9.17, 15) is 14.4 Å². The number of carbonyl (C=O) groups is 3. The summed E-state index contributed by atoms with van der Waals surface area (Å²) in [5.74, 6) is -1.94. The second kappa shape index (κ2) is 6.39. The molecule has 118 valence electrons. The number of benzene rings is 1. The van der Waals surface area contributed by atoms with E-state index in [4.69, 9.17) is 5.11 Å². The summed E-state index contributed by atoms with van der Waals surface area (Å²) in [6.45, 7) is 3.50. The first-order valence-corrected chi connectivity index (χ1v) is 7.77. The molecule has 0 aromatic heterocycles. The Morgan fingerprint density at radius 2 is 2.14 bits per heavy atom. The number of nitrogens with one attached hydrogen (secondary N) is 1. The highest BCUT2D eigenvalue weighted by Gasteiger charge is 2.25. The van der Waals surface area contributed by atoms with E-state index in [1.54, 1.807) is 32.2 Å². The molecule has 22 heavy (non-hydrogen) atoms. The van der Waals surface area contributed by atoms with E-state index >= 15 is 0 Å². The predicted octanol–water partition coefficient (Wildman–Crippen LogP) is 1.91. The molecule has 1 aromatic rings. The van der Waals surface area contributed by atoms with Crippen molar-refractivity contribution >= 4 is 35.2 Å². The summed E-state index contributed by atoms with van der Waals surface area (Å²) < 4.78 is 0. The van der Waals surface area contributed by atoms with E-state index in [1.165, 1.54) is 16.7 Å². The Bertz CT molecular complexity index is 632. The Morgan fingerprint density at radius 3 is 2.77 bits per heavy atom. The van der Waals surface area contributed by atoms with Crippen molar-refractivity contribution in [2.75, 3.05) is 18.9 Å². The number of carbonyl (C=O) groups excluding carboxylic acids is 2. The molecule has 0 aliphatic carbocycles. The molecule has 0 spiro atoms. The normalized spacial score (nSPS) is 18.1. The number of hydrogen-bond donors (Lipinski definition) is 2. The number of thioether (sulfide) groups is 1. The first kappa shape index (κ1) is 16.4. The molecule has 1 heterocycles. The van der Waals surface area contributed by atoms with Crippen LogP contribution in [0.3, 0.4) is 0 Å². The minimum atomic E-state index is -0.942. The third-order valence-electron chi connectivity index (χ3n) is 3.47. The molecule has 6 nitrogen and oxygen atoms in total. The van der Waals surface area contributed by atoms with Gasteiger partial charge in [-0.3, -0.25) is 14.4 Å². The molecule has 0 fully saturated rings. The Labute approximate surface area is 132 Å². The van der Waals surface area contributed by atoms with E-state index in [-0.39, 0.29) is 23.6 Å². The monoisotopic (exact) mass is 322 g/mol. The molecule has 0 radical (unpaired) electrons. The lowest BCUT2D eigenvalue weighted by Crippen LogP contribution is -2.34. The molecule has 2 amide bonds. The maximum Gasteiger partial charge on any atom is 0.308 e. The highest BCUT2D eigenvalue weighted by Crippen LogP contribution is 2.36. The predicted molar refractivity (Wildman–Crippen MR) is 84.2 cm³/mol. The standard InChI is InChI=1S/C15H18N2O4S/c1-8(15(20)21)7-17(3)14(19)10-4-5-12-11(6-10)16-13(18)9(2)22-12/h4-6,8-9H,7H2,1-3H3,(H,16,18)(H,20,21). The molecule has 0 bridgehead atoms. The number of hydrogen-bond acceptors (Lipinski definition) is 4. The molecule has 2 atom stereocenters. The van der Waals surface area contributed by atoms with E-state index in [0.29, 0.717) is 11.3 Å². The summed E-state index contributed by atoms with van der Waals surface area (Å²) >= 11 is 1.45. The smallest absolute Gasteiger partial charge is 0.308 e. The van der Waals surface area contributed by atoms with Gasteiger partial charge in [-0.2, -0.15) is 0 Å². The topological polar surface area (TPSA) is 86.7 Å². The van der Waals surface area contributed by atoms with Crippen LogP contribution >= 0.6 is 11.8 Å². The van der Waals surface area contributed by atoms with Gasteiger partial charge in [-0.05, 0) is 25.1 Å². The van der Waals surface area contributed by atoms with Crippen molar-refractivity contribution in [3.05, 3.63) is 23.8 Å². The minimum Gasteiger partial charge on any atom is -0.481 e. The average Bonchev–Trinajstić information content (AvgIpc) is 2.47. The fourth-order valence-corrected chi connectivity index (χ4v) is 3.06. The van der Waals surface area contributed by atoms with Gasteiger partial charge in [0.15, 0.2) is 0 Å². The van der Waals surface area contributed by atoms with Crippen LogP contribution in [-0.4, -0.2) is 46.6 Å². The van der Waals surface area contributed by atoms with Gasteiger partial charge in [0.2, 0.25) is 5.91 Å². The highest BCUT2D eigenvalue weighted by atomic mass is 32.2. The minimum absolute atomic E-state index is 0.0880. The van der Waals surface area contributed by atoms with Crippen LogP contribution in [0.4, 0.5) is 5.69 Å². The van der Waals surface area contributed by atoms with Crippen molar-refractivity contribution < 1.29 is 19.5 Å². The van der Waals surface area contributed by atoms with Gasteiger partial charge in [-0.1, -0.05) is 6.92 Å². The fourth-order valence-electron chi connectivity index (χ4n) is 2.13. The lowest BCUT2D eigenvalue weighted by molar-refractivity contribution is -0.141. The van der Waals surface area contributed by atoms with Crippen LogP contribution in [0, 0.1) is 5.92 Å². The van der Waals surface area contributed by atoms with Crippen molar-refractivity contribution in [2.45, 2.75) is 24.0 Å². The van der Waals surface area contributed by atoms with Crippen LogP contribution in [0.5, 0.6) is 0 Å². The second-order valence-electron chi connectivity index (χ2n) is 5.39. The Balaban J connectivity index is 2.16. The van der Waals surface area contributed by atoms with Crippen molar-refractivity contribution in [3.63, 3.8) is 0 Å². The molecular formula is C15H18N2O4S. The highest BCUT2D eigenvalue weighted by molar-refractivity contribution is 8.00. The maximum absolute atomic E-state index is 12.3. The molecule has 1 aliphatic rings. The van der Waals surface area contributed by atoms with Gasteiger partial charge < -0.3 is 15.3 Å². The lowest BCUT2D eigenvalue weighted by Gasteiger charge is -2.23. The second-order valence-corrected chi connectivity index (χ2v) is 6.77.